The molecule has 9 heteroatoms. The summed E-state index contributed by atoms with van der Waals surface area (Å²) < 4.78 is 50.4. The van der Waals surface area contributed by atoms with Gasteiger partial charge in [0.2, 0.25) is 0 Å². The third-order valence-electron chi connectivity index (χ3n) is 3.55. The Balaban J connectivity index is 2.00. The fraction of sp³-hybridized carbons (Fsp3) is 0.538. The molecule has 22 heavy (non-hydrogen) atoms. The number of nitrogens with zero attached hydrogens (tertiary/aromatic N) is 3. The van der Waals surface area contributed by atoms with E-state index in [1.165, 1.54) is 11.0 Å². The van der Waals surface area contributed by atoms with Crippen molar-refractivity contribution in [2.24, 2.45) is 0 Å². The Labute approximate surface area is 124 Å². The minimum absolute atomic E-state index is 0.0612. The van der Waals surface area contributed by atoms with Crippen LogP contribution in [0.3, 0.4) is 0 Å². The first-order valence-corrected chi connectivity index (χ1v) is 6.68. The van der Waals surface area contributed by atoms with Gasteiger partial charge in [0.05, 0.1) is 11.5 Å². The standard InChI is InChI=1S/C13H15F4N3O2/c14-12(15)13(16,17)9-18-5-7-19(8-6-18)10-3-1-2-4-11(10)20(21)22/h1-4,12H,5-9H2. The lowest BCUT2D eigenvalue weighted by Crippen LogP contribution is -2.51. The van der Waals surface area contributed by atoms with Crippen LogP contribution in [0.1, 0.15) is 0 Å². The number of para-hydroxylation sites is 2. The van der Waals surface area contributed by atoms with Crippen molar-refractivity contribution in [2.75, 3.05) is 37.6 Å². The third-order valence-corrected chi connectivity index (χ3v) is 3.55. The van der Waals surface area contributed by atoms with Gasteiger partial charge >= 0.3 is 12.3 Å². The Morgan fingerprint density at radius 1 is 1.18 bits per heavy atom. The van der Waals surface area contributed by atoms with Crippen molar-refractivity contribution in [3.8, 4) is 0 Å². The zero-order valence-electron chi connectivity index (χ0n) is 11.6. The van der Waals surface area contributed by atoms with Crippen LogP contribution in [0.2, 0.25) is 0 Å². The molecule has 0 saturated carbocycles. The number of halogens is 4. The molecule has 0 spiro atoms. The second-order valence-electron chi connectivity index (χ2n) is 5.07. The second kappa shape index (κ2) is 6.47. The number of hydrogen-bond donors (Lipinski definition) is 0. The molecule has 1 aromatic carbocycles. The molecule has 0 amide bonds. The second-order valence-corrected chi connectivity index (χ2v) is 5.07. The first kappa shape index (κ1) is 16.5. The summed E-state index contributed by atoms with van der Waals surface area (Å²) in [5, 5.41) is 11.0. The summed E-state index contributed by atoms with van der Waals surface area (Å²) >= 11 is 0. The smallest absolute Gasteiger partial charge is 0.319 e. The largest absolute Gasteiger partial charge is 0.363 e. The van der Waals surface area contributed by atoms with Gasteiger partial charge in [0.15, 0.2) is 0 Å². The van der Waals surface area contributed by atoms with Crippen LogP contribution in [0.25, 0.3) is 0 Å². The van der Waals surface area contributed by atoms with E-state index in [-0.39, 0.29) is 31.9 Å². The average Bonchev–Trinajstić information content (AvgIpc) is 2.47. The fourth-order valence-electron chi connectivity index (χ4n) is 2.40. The van der Waals surface area contributed by atoms with Crippen LogP contribution < -0.4 is 4.90 Å². The number of anilines is 1. The Kier molecular flexibility index (Phi) is 4.84. The number of rotatable bonds is 5. The van der Waals surface area contributed by atoms with E-state index in [9.17, 15) is 27.7 Å². The van der Waals surface area contributed by atoms with Gasteiger partial charge in [-0.05, 0) is 6.07 Å². The van der Waals surface area contributed by atoms with Crippen LogP contribution in [0.5, 0.6) is 0 Å². The minimum atomic E-state index is -4.04. The van der Waals surface area contributed by atoms with Crippen molar-refractivity contribution in [1.82, 2.24) is 4.90 Å². The van der Waals surface area contributed by atoms with Gasteiger partial charge in [0.25, 0.3) is 5.69 Å². The topological polar surface area (TPSA) is 49.6 Å². The molecule has 122 valence electrons. The molecule has 1 aromatic rings. The Morgan fingerprint density at radius 3 is 2.32 bits per heavy atom. The molecule has 2 rings (SSSR count). The highest BCUT2D eigenvalue weighted by Crippen LogP contribution is 2.29. The first-order chi connectivity index (χ1) is 10.3. The van der Waals surface area contributed by atoms with Crippen molar-refractivity contribution < 1.29 is 22.5 Å². The molecule has 1 fully saturated rings. The van der Waals surface area contributed by atoms with Gasteiger partial charge in [-0.2, -0.15) is 8.78 Å². The van der Waals surface area contributed by atoms with E-state index in [0.29, 0.717) is 5.69 Å². The van der Waals surface area contributed by atoms with Crippen LogP contribution in [0, 0.1) is 10.1 Å². The molecule has 0 unspecified atom stereocenters. The normalized spacial score (nSPS) is 17.0. The molecule has 0 atom stereocenters. The van der Waals surface area contributed by atoms with E-state index in [2.05, 4.69) is 0 Å². The van der Waals surface area contributed by atoms with Gasteiger partial charge in [-0.3, -0.25) is 15.0 Å². The molecular formula is C13H15F4N3O2. The maximum absolute atomic E-state index is 13.0. The lowest BCUT2D eigenvalue weighted by Gasteiger charge is -2.37. The molecule has 5 nitrogen and oxygen atoms in total. The lowest BCUT2D eigenvalue weighted by molar-refractivity contribution is -0.384. The molecule has 1 aliphatic heterocycles. The summed E-state index contributed by atoms with van der Waals surface area (Å²) in [5.41, 5.74) is 0.349. The zero-order chi connectivity index (χ0) is 16.3. The van der Waals surface area contributed by atoms with Gasteiger partial charge in [0, 0.05) is 32.2 Å². The summed E-state index contributed by atoms with van der Waals surface area (Å²) in [6.07, 6.45) is -3.69. The predicted molar refractivity (Wildman–Crippen MR) is 72.7 cm³/mol. The van der Waals surface area contributed by atoms with Crippen LogP contribution in [0.4, 0.5) is 28.9 Å². The Bertz CT molecular complexity index is 534. The van der Waals surface area contributed by atoms with Crippen LogP contribution in [-0.2, 0) is 0 Å². The maximum atomic E-state index is 13.0. The van der Waals surface area contributed by atoms with Crippen molar-refractivity contribution in [2.45, 2.75) is 12.3 Å². The summed E-state index contributed by atoms with van der Waals surface area (Å²) in [6.45, 7) is -0.174. The Hall–Kier alpha value is -1.90. The van der Waals surface area contributed by atoms with Crippen molar-refractivity contribution in [3.63, 3.8) is 0 Å². The highest BCUT2D eigenvalue weighted by atomic mass is 19.3. The summed E-state index contributed by atoms with van der Waals surface area (Å²) in [5.74, 6) is -4.04. The number of nitro benzene ring substituents is 1. The van der Waals surface area contributed by atoms with E-state index in [4.69, 9.17) is 0 Å². The molecule has 0 aliphatic carbocycles. The van der Waals surface area contributed by atoms with E-state index in [0.717, 1.165) is 0 Å². The van der Waals surface area contributed by atoms with Crippen molar-refractivity contribution in [3.05, 3.63) is 34.4 Å². The van der Waals surface area contributed by atoms with Crippen LogP contribution >= 0.6 is 0 Å². The van der Waals surface area contributed by atoms with Crippen LogP contribution in [-0.4, -0.2) is 54.9 Å². The zero-order valence-corrected chi connectivity index (χ0v) is 11.6. The summed E-state index contributed by atoms with van der Waals surface area (Å²) in [7, 11) is 0. The molecule has 0 aromatic heterocycles. The van der Waals surface area contributed by atoms with E-state index < -0.39 is 23.8 Å². The van der Waals surface area contributed by atoms with Crippen molar-refractivity contribution in [1.29, 1.82) is 0 Å². The van der Waals surface area contributed by atoms with Gasteiger partial charge in [-0.25, -0.2) is 8.78 Å². The minimum Gasteiger partial charge on any atom is -0.363 e. The van der Waals surface area contributed by atoms with E-state index in [1.54, 1.807) is 23.1 Å². The van der Waals surface area contributed by atoms with Gasteiger partial charge in [0.1, 0.15) is 5.69 Å². The lowest BCUT2D eigenvalue weighted by atomic mass is 10.2. The highest BCUT2D eigenvalue weighted by Gasteiger charge is 2.42. The third kappa shape index (κ3) is 3.65. The fourth-order valence-corrected chi connectivity index (χ4v) is 2.40. The molecule has 0 bridgehead atoms. The first-order valence-electron chi connectivity index (χ1n) is 6.68. The number of piperazine rings is 1. The highest BCUT2D eigenvalue weighted by molar-refractivity contribution is 5.63. The number of alkyl halides is 4. The molecule has 1 aliphatic rings. The SMILES string of the molecule is O=[N+]([O-])c1ccccc1N1CCN(CC(F)(F)C(F)F)CC1. The number of benzene rings is 1. The maximum Gasteiger partial charge on any atom is 0.319 e. The van der Waals surface area contributed by atoms with Crippen LogP contribution in [0.15, 0.2) is 24.3 Å². The number of nitro groups is 1. The molecule has 1 saturated heterocycles. The predicted octanol–water partition coefficient (Wildman–Crippen LogP) is 2.62. The molecule has 1 heterocycles. The summed E-state index contributed by atoms with van der Waals surface area (Å²) in [6, 6.07) is 6.15. The average molecular weight is 321 g/mol. The van der Waals surface area contributed by atoms with Gasteiger partial charge in [-0.1, -0.05) is 12.1 Å². The summed E-state index contributed by atoms with van der Waals surface area (Å²) in [4.78, 5) is 13.4. The van der Waals surface area contributed by atoms with E-state index in [1.807, 2.05) is 0 Å². The van der Waals surface area contributed by atoms with E-state index >= 15 is 0 Å². The van der Waals surface area contributed by atoms with Gasteiger partial charge < -0.3 is 4.90 Å². The van der Waals surface area contributed by atoms with Gasteiger partial charge in [-0.15, -0.1) is 0 Å². The quantitative estimate of drug-likeness (QED) is 0.475. The monoisotopic (exact) mass is 321 g/mol. The Morgan fingerprint density at radius 2 is 1.77 bits per heavy atom. The molecule has 0 radical (unpaired) electrons. The molecule has 0 N–H and O–H groups in total. The molecular weight excluding hydrogens is 306 g/mol. The van der Waals surface area contributed by atoms with Crippen molar-refractivity contribution >= 4 is 11.4 Å². The number of hydrogen-bond acceptors (Lipinski definition) is 4.